The predicted molar refractivity (Wildman–Crippen MR) is 99.3 cm³/mol. The van der Waals surface area contributed by atoms with Gasteiger partial charge in [0.25, 0.3) is 16.4 Å². The van der Waals surface area contributed by atoms with E-state index in [1.807, 2.05) is 0 Å². The number of benzene rings is 1. The highest BCUT2D eigenvalue weighted by molar-refractivity contribution is 5.79. The number of hydrogen-bond donors (Lipinski definition) is 2. The lowest BCUT2D eigenvalue weighted by Gasteiger charge is -2.30. The standard InChI is InChI=1S/C19H17F2N3O3/c1-19(2,10-7-11(20)9-12(21)8-10)23-15-14(16(25)17(15)26)22-13-5-4-6-24(3)18(13)27/h4-9,22-23H,1-3H3. The predicted octanol–water partition coefficient (Wildman–Crippen LogP) is 2.35. The van der Waals surface area contributed by atoms with Crippen molar-refractivity contribution in [2.75, 3.05) is 10.6 Å². The van der Waals surface area contributed by atoms with E-state index in [1.165, 1.54) is 10.6 Å². The van der Waals surface area contributed by atoms with Crippen molar-refractivity contribution in [1.82, 2.24) is 4.57 Å². The molecule has 3 rings (SSSR count). The molecule has 0 saturated carbocycles. The molecule has 0 aliphatic carbocycles. The minimum Gasteiger partial charge on any atom is -0.371 e. The van der Waals surface area contributed by atoms with Crippen molar-refractivity contribution in [3.8, 4) is 0 Å². The van der Waals surface area contributed by atoms with E-state index in [2.05, 4.69) is 10.6 Å². The Labute approximate surface area is 152 Å². The molecule has 0 radical (unpaired) electrons. The van der Waals surface area contributed by atoms with Gasteiger partial charge < -0.3 is 15.2 Å². The van der Waals surface area contributed by atoms with Gasteiger partial charge in [-0.25, -0.2) is 8.78 Å². The largest absolute Gasteiger partial charge is 0.371 e. The van der Waals surface area contributed by atoms with Crippen LogP contribution in [-0.2, 0) is 12.6 Å². The van der Waals surface area contributed by atoms with Gasteiger partial charge in [-0.3, -0.25) is 14.4 Å². The average molecular weight is 373 g/mol. The summed E-state index contributed by atoms with van der Waals surface area (Å²) in [6.07, 6.45) is 1.55. The van der Waals surface area contributed by atoms with Crippen molar-refractivity contribution in [2.24, 2.45) is 7.05 Å². The lowest BCUT2D eigenvalue weighted by molar-refractivity contribution is 0.552. The van der Waals surface area contributed by atoms with Gasteiger partial charge in [-0.15, -0.1) is 0 Å². The second-order valence-corrected chi connectivity index (χ2v) is 6.78. The third-order valence-electron chi connectivity index (χ3n) is 4.32. The van der Waals surface area contributed by atoms with Gasteiger partial charge in [-0.05, 0) is 43.7 Å². The summed E-state index contributed by atoms with van der Waals surface area (Å²) in [6, 6.07) is 6.12. The highest BCUT2D eigenvalue weighted by atomic mass is 19.1. The van der Waals surface area contributed by atoms with Crippen LogP contribution in [0.15, 0.2) is 50.9 Å². The molecule has 0 saturated heterocycles. The van der Waals surface area contributed by atoms with E-state index < -0.39 is 28.0 Å². The van der Waals surface area contributed by atoms with Crippen molar-refractivity contribution in [3.63, 3.8) is 0 Å². The van der Waals surface area contributed by atoms with Gasteiger partial charge in [-0.1, -0.05) is 0 Å². The van der Waals surface area contributed by atoms with Crippen molar-refractivity contribution in [1.29, 1.82) is 0 Å². The topological polar surface area (TPSA) is 80.2 Å². The van der Waals surface area contributed by atoms with Crippen LogP contribution in [0.3, 0.4) is 0 Å². The maximum Gasteiger partial charge on any atom is 0.273 e. The van der Waals surface area contributed by atoms with Gasteiger partial charge in [0.1, 0.15) is 28.7 Å². The second kappa shape index (κ2) is 6.46. The summed E-state index contributed by atoms with van der Waals surface area (Å²) in [5.41, 5.74) is -2.68. The molecule has 1 heterocycles. The minimum absolute atomic E-state index is 0.0411. The molecular weight excluding hydrogens is 356 g/mol. The van der Waals surface area contributed by atoms with Gasteiger partial charge in [0.05, 0.1) is 5.54 Å². The van der Waals surface area contributed by atoms with Gasteiger partial charge in [0.15, 0.2) is 0 Å². The Morgan fingerprint density at radius 1 is 0.963 bits per heavy atom. The number of aromatic nitrogens is 1. The second-order valence-electron chi connectivity index (χ2n) is 6.78. The zero-order valence-electron chi connectivity index (χ0n) is 14.9. The lowest BCUT2D eigenvalue weighted by atomic mass is 9.93. The quantitative estimate of drug-likeness (QED) is 0.671. The van der Waals surface area contributed by atoms with E-state index >= 15 is 0 Å². The fourth-order valence-electron chi connectivity index (χ4n) is 2.76. The van der Waals surface area contributed by atoms with Crippen molar-refractivity contribution in [3.05, 3.63) is 84.5 Å². The Bertz CT molecular complexity index is 1140. The van der Waals surface area contributed by atoms with Crippen LogP contribution >= 0.6 is 0 Å². The first-order valence-corrected chi connectivity index (χ1v) is 8.11. The summed E-state index contributed by atoms with van der Waals surface area (Å²) in [7, 11) is 1.55. The zero-order valence-corrected chi connectivity index (χ0v) is 14.9. The Balaban J connectivity index is 1.96. The van der Waals surface area contributed by atoms with E-state index in [-0.39, 0.29) is 28.2 Å². The summed E-state index contributed by atoms with van der Waals surface area (Å²) in [6.45, 7) is 3.23. The molecule has 0 fully saturated rings. The fraction of sp³-hybridized carbons (Fsp3) is 0.211. The number of rotatable bonds is 5. The van der Waals surface area contributed by atoms with Gasteiger partial charge in [0, 0.05) is 19.3 Å². The lowest BCUT2D eigenvalue weighted by Crippen LogP contribution is -2.41. The Morgan fingerprint density at radius 3 is 2.19 bits per heavy atom. The molecule has 27 heavy (non-hydrogen) atoms. The van der Waals surface area contributed by atoms with E-state index in [0.29, 0.717) is 0 Å². The normalized spacial score (nSPS) is 11.6. The first-order valence-electron chi connectivity index (χ1n) is 8.11. The van der Waals surface area contributed by atoms with Crippen LogP contribution in [0, 0.1) is 11.6 Å². The van der Waals surface area contributed by atoms with Crippen LogP contribution in [0.4, 0.5) is 25.8 Å². The third-order valence-corrected chi connectivity index (χ3v) is 4.32. The smallest absolute Gasteiger partial charge is 0.273 e. The summed E-state index contributed by atoms with van der Waals surface area (Å²) >= 11 is 0. The Hall–Kier alpha value is -3.29. The fourth-order valence-corrected chi connectivity index (χ4v) is 2.76. The molecule has 0 bridgehead atoms. The highest BCUT2D eigenvalue weighted by Gasteiger charge is 2.29. The summed E-state index contributed by atoms with van der Waals surface area (Å²) in [5.74, 6) is -1.51. The number of halogens is 2. The first-order chi connectivity index (χ1) is 12.6. The van der Waals surface area contributed by atoms with Crippen LogP contribution in [0.5, 0.6) is 0 Å². The molecule has 2 aromatic carbocycles. The molecule has 6 nitrogen and oxygen atoms in total. The SMILES string of the molecule is Cn1cccc(Nc2c(NC(C)(C)c3cc(F)cc(F)c3)c(=O)c2=O)c1=O. The zero-order chi connectivity index (χ0) is 19.9. The molecule has 0 atom stereocenters. The first kappa shape index (κ1) is 18.5. The van der Waals surface area contributed by atoms with Crippen LogP contribution in [0.1, 0.15) is 19.4 Å². The summed E-state index contributed by atoms with van der Waals surface area (Å²) in [5, 5.41) is 5.53. The molecule has 8 heteroatoms. The molecule has 2 N–H and O–H groups in total. The molecule has 140 valence electrons. The summed E-state index contributed by atoms with van der Waals surface area (Å²) < 4.78 is 28.4. The van der Waals surface area contributed by atoms with Crippen LogP contribution in [0.2, 0.25) is 0 Å². The van der Waals surface area contributed by atoms with Crippen LogP contribution < -0.4 is 27.1 Å². The molecule has 0 aliphatic rings. The maximum absolute atomic E-state index is 13.5. The van der Waals surface area contributed by atoms with Crippen LogP contribution in [0.25, 0.3) is 0 Å². The number of hydrogen-bond acceptors (Lipinski definition) is 5. The maximum atomic E-state index is 13.5. The van der Waals surface area contributed by atoms with Crippen molar-refractivity contribution < 1.29 is 8.78 Å². The molecule has 3 aromatic rings. The van der Waals surface area contributed by atoms with E-state index in [0.717, 1.165) is 18.2 Å². The van der Waals surface area contributed by atoms with Crippen LogP contribution in [-0.4, -0.2) is 4.57 Å². The van der Waals surface area contributed by atoms with Crippen molar-refractivity contribution in [2.45, 2.75) is 19.4 Å². The van der Waals surface area contributed by atoms with Gasteiger partial charge in [-0.2, -0.15) is 0 Å². The Kier molecular flexibility index (Phi) is 4.43. The molecule has 0 spiro atoms. The Morgan fingerprint density at radius 2 is 1.56 bits per heavy atom. The van der Waals surface area contributed by atoms with E-state index in [4.69, 9.17) is 0 Å². The summed E-state index contributed by atoms with van der Waals surface area (Å²) in [4.78, 5) is 36.1. The third kappa shape index (κ3) is 3.38. The monoisotopic (exact) mass is 373 g/mol. The number of nitrogens with one attached hydrogen (secondary N) is 2. The molecular formula is C19H17F2N3O3. The number of aryl methyl sites for hydroxylation is 1. The number of nitrogens with zero attached hydrogens (tertiary/aromatic N) is 1. The van der Waals surface area contributed by atoms with E-state index in [9.17, 15) is 23.2 Å². The van der Waals surface area contributed by atoms with Gasteiger partial charge in [0.2, 0.25) is 0 Å². The van der Waals surface area contributed by atoms with Crippen molar-refractivity contribution >= 4 is 17.1 Å². The highest BCUT2D eigenvalue weighted by Crippen LogP contribution is 2.29. The minimum atomic E-state index is -1.05. The van der Waals surface area contributed by atoms with E-state index in [1.54, 1.807) is 33.2 Å². The average Bonchev–Trinajstić information content (AvgIpc) is 2.60. The molecule has 0 amide bonds. The molecule has 1 aromatic heterocycles. The van der Waals surface area contributed by atoms with Gasteiger partial charge >= 0.3 is 0 Å². The number of anilines is 3. The molecule has 0 unspecified atom stereocenters. The number of pyridine rings is 1. The molecule has 0 aliphatic heterocycles.